The Morgan fingerprint density at radius 2 is 2.00 bits per heavy atom. The van der Waals surface area contributed by atoms with Crippen molar-refractivity contribution in [3.05, 3.63) is 61.8 Å². The SMILES string of the molecule is O=C(OCc1ccc(Cl)c(Cl)c1)c1ccc([N+](=O)[O-])o1. The van der Waals surface area contributed by atoms with Crippen LogP contribution in [0.4, 0.5) is 5.88 Å². The van der Waals surface area contributed by atoms with Crippen LogP contribution < -0.4 is 0 Å². The average molecular weight is 316 g/mol. The highest BCUT2D eigenvalue weighted by Gasteiger charge is 2.18. The number of hydrogen-bond acceptors (Lipinski definition) is 5. The van der Waals surface area contributed by atoms with Gasteiger partial charge in [-0.1, -0.05) is 29.3 Å². The second-order valence-electron chi connectivity index (χ2n) is 3.72. The first-order chi connectivity index (χ1) is 9.47. The van der Waals surface area contributed by atoms with Gasteiger partial charge in [0.2, 0.25) is 5.76 Å². The largest absolute Gasteiger partial charge is 0.455 e. The number of carbonyl (C=O) groups is 1. The summed E-state index contributed by atoms with van der Waals surface area (Å²) in [6.07, 6.45) is 0. The predicted molar refractivity (Wildman–Crippen MR) is 70.9 cm³/mol. The molecule has 20 heavy (non-hydrogen) atoms. The van der Waals surface area contributed by atoms with Gasteiger partial charge in [-0.2, -0.15) is 0 Å². The molecule has 1 aromatic heterocycles. The Kier molecular flexibility index (Phi) is 4.26. The van der Waals surface area contributed by atoms with Gasteiger partial charge in [-0.3, -0.25) is 10.1 Å². The highest BCUT2D eigenvalue weighted by Crippen LogP contribution is 2.23. The van der Waals surface area contributed by atoms with Crippen molar-refractivity contribution < 1.29 is 18.9 Å². The quantitative estimate of drug-likeness (QED) is 0.486. The van der Waals surface area contributed by atoms with Crippen molar-refractivity contribution in [2.75, 3.05) is 0 Å². The summed E-state index contributed by atoms with van der Waals surface area (Å²) in [6, 6.07) is 7.03. The molecular weight excluding hydrogens is 309 g/mol. The van der Waals surface area contributed by atoms with Crippen LogP contribution in [0.5, 0.6) is 0 Å². The summed E-state index contributed by atoms with van der Waals surface area (Å²) < 4.78 is 9.66. The third-order valence-corrected chi connectivity index (χ3v) is 3.07. The summed E-state index contributed by atoms with van der Waals surface area (Å²) in [5, 5.41) is 11.2. The molecule has 2 aromatic rings. The fourth-order valence-electron chi connectivity index (χ4n) is 1.38. The Morgan fingerprint density at radius 1 is 1.25 bits per heavy atom. The molecule has 0 aliphatic rings. The van der Waals surface area contributed by atoms with E-state index in [2.05, 4.69) is 0 Å². The van der Waals surface area contributed by atoms with E-state index in [0.717, 1.165) is 6.07 Å². The monoisotopic (exact) mass is 315 g/mol. The Morgan fingerprint density at radius 3 is 2.60 bits per heavy atom. The number of furan rings is 1. The van der Waals surface area contributed by atoms with E-state index in [1.54, 1.807) is 18.2 Å². The van der Waals surface area contributed by atoms with Gasteiger partial charge in [0.25, 0.3) is 0 Å². The van der Waals surface area contributed by atoms with E-state index in [1.165, 1.54) is 6.07 Å². The Balaban J connectivity index is 2.00. The summed E-state index contributed by atoms with van der Waals surface area (Å²) in [4.78, 5) is 21.3. The van der Waals surface area contributed by atoms with Gasteiger partial charge in [-0.25, -0.2) is 4.79 Å². The first-order valence-corrected chi connectivity index (χ1v) is 6.08. The van der Waals surface area contributed by atoms with Gasteiger partial charge in [0.1, 0.15) is 11.5 Å². The summed E-state index contributed by atoms with van der Waals surface area (Å²) in [6.45, 7) is -0.0514. The lowest BCUT2D eigenvalue weighted by molar-refractivity contribution is -0.402. The van der Waals surface area contributed by atoms with Crippen LogP contribution in [0, 0.1) is 10.1 Å². The molecule has 2 rings (SSSR count). The first kappa shape index (κ1) is 14.4. The highest BCUT2D eigenvalue weighted by molar-refractivity contribution is 6.42. The number of carbonyl (C=O) groups excluding carboxylic acids is 1. The van der Waals surface area contributed by atoms with Crippen LogP contribution >= 0.6 is 23.2 Å². The molecule has 0 atom stereocenters. The van der Waals surface area contributed by atoms with Crippen LogP contribution in [-0.2, 0) is 11.3 Å². The van der Waals surface area contributed by atoms with Crippen LogP contribution in [0.25, 0.3) is 0 Å². The fourth-order valence-corrected chi connectivity index (χ4v) is 1.71. The lowest BCUT2D eigenvalue weighted by Crippen LogP contribution is -2.04. The number of hydrogen-bond donors (Lipinski definition) is 0. The molecular formula is C12H7Cl2NO5. The van der Waals surface area contributed by atoms with Crippen molar-refractivity contribution in [1.29, 1.82) is 0 Å². The molecule has 0 aliphatic carbocycles. The van der Waals surface area contributed by atoms with E-state index < -0.39 is 16.8 Å². The normalized spacial score (nSPS) is 10.3. The zero-order chi connectivity index (χ0) is 14.7. The molecule has 0 aliphatic heterocycles. The summed E-state index contributed by atoms with van der Waals surface area (Å²) in [7, 11) is 0. The third kappa shape index (κ3) is 3.28. The summed E-state index contributed by atoms with van der Waals surface area (Å²) >= 11 is 11.6. The second kappa shape index (κ2) is 5.94. The zero-order valence-corrected chi connectivity index (χ0v) is 11.4. The van der Waals surface area contributed by atoms with Gasteiger partial charge in [-0.05, 0) is 23.8 Å². The number of esters is 1. The number of ether oxygens (including phenoxy) is 1. The molecule has 0 bridgehead atoms. The van der Waals surface area contributed by atoms with Crippen LogP contribution in [0.1, 0.15) is 16.1 Å². The van der Waals surface area contributed by atoms with Gasteiger partial charge in [-0.15, -0.1) is 0 Å². The molecule has 104 valence electrons. The van der Waals surface area contributed by atoms with Gasteiger partial charge in [0.05, 0.1) is 16.1 Å². The van der Waals surface area contributed by atoms with E-state index in [0.29, 0.717) is 15.6 Å². The predicted octanol–water partition coefficient (Wildman–Crippen LogP) is 3.85. The van der Waals surface area contributed by atoms with Crippen LogP contribution in [0.2, 0.25) is 10.0 Å². The smallest absolute Gasteiger partial charge is 0.433 e. The van der Waals surface area contributed by atoms with E-state index in [4.69, 9.17) is 32.4 Å². The number of nitro groups is 1. The minimum atomic E-state index is -0.802. The van der Waals surface area contributed by atoms with Crippen LogP contribution in [-0.4, -0.2) is 10.9 Å². The molecule has 0 unspecified atom stereocenters. The van der Waals surface area contributed by atoms with E-state index in [1.807, 2.05) is 0 Å². The minimum Gasteiger partial charge on any atom is -0.455 e. The van der Waals surface area contributed by atoms with E-state index in [-0.39, 0.29) is 12.4 Å². The van der Waals surface area contributed by atoms with Crippen LogP contribution in [0.15, 0.2) is 34.7 Å². The molecule has 0 saturated heterocycles. The molecule has 0 fully saturated rings. The third-order valence-electron chi connectivity index (χ3n) is 2.33. The Labute approximate surface area is 123 Å². The van der Waals surface area contributed by atoms with Crippen molar-refractivity contribution in [3.63, 3.8) is 0 Å². The molecule has 0 saturated carbocycles. The van der Waals surface area contributed by atoms with Crippen molar-refractivity contribution >= 4 is 35.1 Å². The van der Waals surface area contributed by atoms with Crippen LogP contribution in [0.3, 0.4) is 0 Å². The number of halogens is 2. The summed E-state index contributed by atoms with van der Waals surface area (Å²) in [5.41, 5.74) is 0.633. The maximum absolute atomic E-state index is 11.6. The number of rotatable bonds is 4. The standard InChI is InChI=1S/C12H7Cl2NO5/c13-8-2-1-7(5-9(8)14)6-19-12(16)10-3-4-11(20-10)15(17)18/h1-5H,6H2. The van der Waals surface area contributed by atoms with Crippen molar-refractivity contribution in [3.8, 4) is 0 Å². The first-order valence-electron chi connectivity index (χ1n) is 5.32. The van der Waals surface area contributed by atoms with Gasteiger partial charge < -0.3 is 9.15 Å². The van der Waals surface area contributed by atoms with Crippen molar-refractivity contribution in [2.45, 2.75) is 6.61 Å². The molecule has 0 N–H and O–H groups in total. The molecule has 0 radical (unpaired) electrons. The maximum Gasteiger partial charge on any atom is 0.433 e. The molecule has 0 amide bonds. The van der Waals surface area contributed by atoms with E-state index >= 15 is 0 Å². The molecule has 0 spiro atoms. The molecule has 6 nitrogen and oxygen atoms in total. The Bertz CT molecular complexity index is 668. The maximum atomic E-state index is 11.6. The van der Waals surface area contributed by atoms with Crippen molar-refractivity contribution in [2.24, 2.45) is 0 Å². The minimum absolute atomic E-state index is 0.0514. The molecule has 8 heteroatoms. The van der Waals surface area contributed by atoms with Gasteiger partial charge in [0, 0.05) is 0 Å². The summed E-state index contributed by atoms with van der Waals surface area (Å²) in [5.74, 6) is -1.56. The lowest BCUT2D eigenvalue weighted by atomic mass is 10.2. The van der Waals surface area contributed by atoms with E-state index in [9.17, 15) is 14.9 Å². The lowest BCUT2D eigenvalue weighted by Gasteiger charge is -2.04. The zero-order valence-electron chi connectivity index (χ0n) is 9.84. The highest BCUT2D eigenvalue weighted by atomic mass is 35.5. The molecule has 1 heterocycles. The van der Waals surface area contributed by atoms with Crippen molar-refractivity contribution in [1.82, 2.24) is 0 Å². The molecule has 1 aromatic carbocycles. The topological polar surface area (TPSA) is 82.6 Å². The fraction of sp³-hybridized carbons (Fsp3) is 0.0833. The Hall–Kier alpha value is -2.05. The van der Waals surface area contributed by atoms with Gasteiger partial charge in [0.15, 0.2) is 0 Å². The number of nitrogens with zero attached hydrogens (tertiary/aromatic N) is 1. The number of benzene rings is 1. The second-order valence-corrected chi connectivity index (χ2v) is 4.53. The average Bonchev–Trinajstić information content (AvgIpc) is 2.89. The van der Waals surface area contributed by atoms with Gasteiger partial charge >= 0.3 is 11.9 Å².